The van der Waals surface area contributed by atoms with Gasteiger partial charge in [-0.05, 0) is 141 Å². The minimum absolute atomic E-state index is 0.519. The van der Waals surface area contributed by atoms with Crippen molar-refractivity contribution < 1.29 is 0 Å². The molecule has 74 heavy (non-hydrogen) atoms. The number of hydrogen-bond donors (Lipinski definition) is 0. The predicted molar refractivity (Wildman–Crippen MR) is 314 cm³/mol. The first-order valence-corrected chi connectivity index (χ1v) is 25.7. The fraction of sp³-hybridized carbons (Fsp3) is 0.0137. The molecule has 1 nitrogen and oxygen atoms in total. The summed E-state index contributed by atoms with van der Waals surface area (Å²) in [5.74, 6) is 0. The molecule has 0 heterocycles. The van der Waals surface area contributed by atoms with Gasteiger partial charge in [-0.2, -0.15) is 0 Å². The van der Waals surface area contributed by atoms with Crippen molar-refractivity contribution in [2.75, 3.05) is 4.90 Å². The van der Waals surface area contributed by atoms with Crippen LogP contribution in [-0.4, -0.2) is 0 Å². The number of rotatable bonds is 7. The fourth-order valence-electron chi connectivity index (χ4n) is 13.0. The number of nitrogens with zero attached hydrogens (tertiary/aromatic N) is 1. The van der Waals surface area contributed by atoms with Crippen LogP contribution in [0.1, 0.15) is 22.3 Å². The summed E-state index contributed by atoms with van der Waals surface area (Å²) in [5, 5.41) is 14.6. The molecule has 0 amide bonds. The summed E-state index contributed by atoms with van der Waals surface area (Å²) in [7, 11) is 0. The number of benzene rings is 14. The van der Waals surface area contributed by atoms with Crippen molar-refractivity contribution in [2.45, 2.75) is 5.41 Å². The van der Waals surface area contributed by atoms with Crippen LogP contribution in [-0.2, 0) is 5.41 Å². The highest BCUT2D eigenvalue weighted by molar-refractivity contribution is 6.26. The van der Waals surface area contributed by atoms with Gasteiger partial charge in [0.05, 0.1) is 22.5 Å². The Morgan fingerprint density at radius 2 is 0.662 bits per heavy atom. The molecule has 0 aromatic heterocycles. The van der Waals surface area contributed by atoms with E-state index >= 15 is 0 Å². The second kappa shape index (κ2) is 16.8. The summed E-state index contributed by atoms with van der Waals surface area (Å²) < 4.78 is 0. The fourth-order valence-corrected chi connectivity index (χ4v) is 13.0. The van der Waals surface area contributed by atoms with Crippen molar-refractivity contribution in [3.63, 3.8) is 0 Å². The van der Waals surface area contributed by atoms with Gasteiger partial charge in [-0.3, -0.25) is 0 Å². The zero-order chi connectivity index (χ0) is 48.7. The van der Waals surface area contributed by atoms with Crippen LogP contribution in [0.2, 0.25) is 0 Å². The Bertz CT molecular complexity index is 4420. The van der Waals surface area contributed by atoms with Crippen LogP contribution in [0.5, 0.6) is 0 Å². The maximum atomic E-state index is 2.53. The van der Waals surface area contributed by atoms with E-state index in [2.05, 4.69) is 290 Å². The molecular formula is C73H47N. The maximum Gasteiger partial charge on any atom is 0.0713 e. The normalized spacial score (nSPS) is 12.7. The van der Waals surface area contributed by atoms with Crippen LogP contribution in [0.25, 0.3) is 98.0 Å². The van der Waals surface area contributed by atoms with E-state index in [9.17, 15) is 0 Å². The van der Waals surface area contributed by atoms with E-state index < -0.39 is 5.41 Å². The lowest BCUT2D eigenvalue weighted by molar-refractivity contribution is 0.769. The molecule has 0 bridgehead atoms. The lowest BCUT2D eigenvalue weighted by Crippen LogP contribution is -2.28. The van der Waals surface area contributed by atoms with E-state index in [1.54, 1.807) is 0 Å². The molecule has 1 heteroatoms. The van der Waals surface area contributed by atoms with Crippen molar-refractivity contribution >= 4 is 81.7 Å². The van der Waals surface area contributed by atoms with Crippen molar-refractivity contribution in [3.8, 4) is 33.4 Å². The summed E-state index contributed by atoms with van der Waals surface area (Å²) in [6.45, 7) is 0. The Balaban J connectivity index is 1.02. The molecule has 0 fully saturated rings. The number of anilines is 3. The van der Waals surface area contributed by atoms with E-state index in [0.717, 1.165) is 17.1 Å². The van der Waals surface area contributed by atoms with Gasteiger partial charge in [0.1, 0.15) is 0 Å². The van der Waals surface area contributed by atoms with Gasteiger partial charge in [0.25, 0.3) is 0 Å². The molecular weight excluding hydrogens is 891 g/mol. The maximum absolute atomic E-state index is 2.53. The van der Waals surface area contributed by atoms with Gasteiger partial charge in [0, 0.05) is 16.2 Å². The van der Waals surface area contributed by atoms with Crippen LogP contribution in [0.15, 0.2) is 285 Å². The molecule has 0 N–H and O–H groups in total. The molecule has 14 aromatic rings. The van der Waals surface area contributed by atoms with Crippen molar-refractivity contribution in [1.82, 2.24) is 0 Å². The molecule has 344 valence electrons. The standard InChI is InChI=1S/C73H47N/c1-3-27-53(28-4-1)73(54-29-5-2-6-30-54)66-38-18-17-34-58(66)59-42-41-52(47-67(59)73)71-61-36-15-16-37-62(61)72(65-46-51-24-8-7-23-50(51)45-64(65)71)63-43-44-70(60-35-14-13-33-57(60)63)74(68-39-19-25-48-21-9-11-31-55(48)68)69-40-20-26-49-22-10-12-32-56(49)69/h1-47H. The quantitative estimate of drug-likeness (QED) is 0.144. The molecule has 0 unspecified atom stereocenters. The Kier molecular flexibility index (Phi) is 9.55. The Labute approximate surface area is 430 Å². The summed E-state index contributed by atoms with van der Waals surface area (Å²) in [6, 6.07) is 106. The van der Waals surface area contributed by atoms with E-state index in [4.69, 9.17) is 0 Å². The van der Waals surface area contributed by atoms with E-state index in [1.807, 2.05) is 0 Å². The van der Waals surface area contributed by atoms with Crippen molar-refractivity contribution in [3.05, 3.63) is 307 Å². The first-order valence-electron chi connectivity index (χ1n) is 25.7. The highest BCUT2D eigenvalue weighted by Gasteiger charge is 2.46. The third-order valence-electron chi connectivity index (χ3n) is 16.1. The molecule has 14 aromatic carbocycles. The molecule has 1 aliphatic carbocycles. The zero-order valence-electron chi connectivity index (χ0n) is 40.6. The Hall–Kier alpha value is -9.56. The summed E-state index contributed by atoms with van der Waals surface area (Å²) in [6.07, 6.45) is 0. The average Bonchev–Trinajstić information content (AvgIpc) is 3.82. The lowest BCUT2D eigenvalue weighted by Gasteiger charge is -2.34. The van der Waals surface area contributed by atoms with E-state index in [-0.39, 0.29) is 0 Å². The number of hydrogen-bond acceptors (Lipinski definition) is 1. The smallest absolute Gasteiger partial charge is 0.0713 e. The molecule has 0 radical (unpaired) electrons. The van der Waals surface area contributed by atoms with Crippen LogP contribution in [0, 0.1) is 0 Å². The lowest BCUT2D eigenvalue weighted by atomic mass is 9.67. The third kappa shape index (κ3) is 6.23. The molecule has 0 atom stereocenters. The van der Waals surface area contributed by atoms with Crippen LogP contribution in [0.4, 0.5) is 17.1 Å². The minimum Gasteiger partial charge on any atom is -0.309 e. The van der Waals surface area contributed by atoms with Gasteiger partial charge in [0.15, 0.2) is 0 Å². The largest absolute Gasteiger partial charge is 0.309 e. The van der Waals surface area contributed by atoms with Gasteiger partial charge in [-0.25, -0.2) is 0 Å². The predicted octanol–water partition coefficient (Wildman–Crippen LogP) is 19.8. The van der Waals surface area contributed by atoms with Gasteiger partial charge in [-0.1, -0.05) is 249 Å². The first-order chi connectivity index (χ1) is 36.7. The molecule has 0 saturated heterocycles. The summed E-state index contributed by atoms with van der Waals surface area (Å²) >= 11 is 0. The highest BCUT2D eigenvalue weighted by atomic mass is 15.1. The van der Waals surface area contributed by atoms with E-state index in [0.29, 0.717) is 0 Å². The van der Waals surface area contributed by atoms with Crippen LogP contribution in [0.3, 0.4) is 0 Å². The summed E-state index contributed by atoms with van der Waals surface area (Å²) in [5.41, 5.74) is 15.5. The van der Waals surface area contributed by atoms with Gasteiger partial charge in [0.2, 0.25) is 0 Å². The second-order valence-corrected chi connectivity index (χ2v) is 19.8. The van der Waals surface area contributed by atoms with E-state index in [1.165, 1.54) is 120 Å². The molecule has 15 rings (SSSR count). The zero-order valence-corrected chi connectivity index (χ0v) is 40.6. The summed E-state index contributed by atoms with van der Waals surface area (Å²) in [4.78, 5) is 2.50. The molecule has 0 aliphatic heterocycles. The third-order valence-corrected chi connectivity index (χ3v) is 16.1. The molecule has 1 aliphatic rings. The first kappa shape index (κ1) is 42.2. The Morgan fingerprint density at radius 1 is 0.230 bits per heavy atom. The second-order valence-electron chi connectivity index (χ2n) is 19.8. The molecule has 0 spiro atoms. The minimum atomic E-state index is -0.519. The van der Waals surface area contributed by atoms with Gasteiger partial charge < -0.3 is 4.90 Å². The molecule has 0 saturated carbocycles. The number of fused-ring (bicyclic) bond motifs is 9. The van der Waals surface area contributed by atoms with Crippen molar-refractivity contribution in [1.29, 1.82) is 0 Å². The monoisotopic (exact) mass is 937 g/mol. The van der Waals surface area contributed by atoms with Gasteiger partial charge in [-0.15, -0.1) is 0 Å². The SMILES string of the molecule is c1ccc(C2(c3ccccc3)c3ccccc3-c3ccc(-c4c5ccccc5c(-c5ccc(N(c6cccc7ccccc67)c6cccc7ccccc67)c6ccccc56)c5cc6ccccc6cc45)cc32)cc1. The van der Waals surface area contributed by atoms with Crippen LogP contribution >= 0.6 is 0 Å². The van der Waals surface area contributed by atoms with Gasteiger partial charge >= 0.3 is 0 Å². The topological polar surface area (TPSA) is 3.24 Å². The van der Waals surface area contributed by atoms with Crippen LogP contribution < -0.4 is 4.90 Å². The van der Waals surface area contributed by atoms with Crippen molar-refractivity contribution in [2.24, 2.45) is 0 Å². The highest BCUT2D eigenvalue weighted by Crippen LogP contribution is 2.58. The Morgan fingerprint density at radius 3 is 1.28 bits per heavy atom. The average molecular weight is 938 g/mol.